The molecule has 1 aliphatic heterocycles. The van der Waals surface area contributed by atoms with Crippen molar-refractivity contribution >= 4 is 21.7 Å². The zero-order valence-electron chi connectivity index (χ0n) is 9.93. The highest BCUT2D eigenvalue weighted by Crippen LogP contribution is 2.41. The fourth-order valence-electron chi connectivity index (χ4n) is 3.26. The molecule has 1 aliphatic carbocycles. The molecular formula is C13H17BrN2O. The summed E-state index contributed by atoms with van der Waals surface area (Å²) < 4.78 is 1.04. The maximum absolute atomic E-state index is 10.1. The molecule has 1 saturated carbocycles. The summed E-state index contributed by atoms with van der Waals surface area (Å²) in [6.07, 6.45) is 5.00. The van der Waals surface area contributed by atoms with Gasteiger partial charge in [0, 0.05) is 12.7 Å². The number of aryl methyl sites for hydroxylation is 1. The topological polar surface area (TPSA) is 36.4 Å². The molecule has 0 radical (unpaired) electrons. The van der Waals surface area contributed by atoms with E-state index in [4.69, 9.17) is 0 Å². The Morgan fingerprint density at radius 3 is 3.00 bits per heavy atom. The lowest BCUT2D eigenvalue weighted by Crippen LogP contribution is -2.39. The molecule has 2 heterocycles. The summed E-state index contributed by atoms with van der Waals surface area (Å²) >= 11 is 3.59. The lowest BCUT2D eigenvalue weighted by Gasteiger charge is -2.28. The van der Waals surface area contributed by atoms with Crippen molar-refractivity contribution in [1.29, 1.82) is 0 Å². The van der Waals surface area contributed by atoms with Gasteiger partial charge in [0.25, 0.3) is 0 Å². The minimum absolute atomic E-state index is 0.183. The molecule has 1 aromatic heterocycles. The molecule has 1 aromatic rings. The first kappa shape index (κ1) is 11.5. The lowest BCUT2D eigenvalue weighted by atomic mass is 10.0. The van der Waals surface area contributed by atoms with Gasteiger partial charge < -0.3 is 10.0 Å². The summed E-state index contributed by atoms with van der Waals surface area (Å²) in [5.41, 5.74) is 1.16. The Bertz CT molecular complexity index is 437. The van der Waals surface area contributed by atoms with E-state index in [9.17, 15) is 5.11 Å². The molecule has 1 saturated heterocycles. The largest absolute Gasteiger partial charge is 0.391 e. The van der Waals surface area contributed by atoms with Crippen LogP contribution in [-0.4, -0.2) is 28.8 Å². The lowest BCUT2D eigenvalue weighted by molar-refractivity contribution is 0.160. The number of pyridine rings is 1. The van der Waals surface area contributed by atoms with Gasteiger partial charge in [0.1, 0.15) is 5.82 Å². The van der Waals surface area contributed by atoms with E-state index in [0.29, 0.717) is 5.92 Å². The minimum Gasteiger partial charge on any atom is -0.391 e. The summed E-state index contributed by atoms with van der Waals surface area (Å²) in [6, 6.07) is 2.37. The number of hydrogen-bond acceptors (Lipinski definition) is 3. The number of hydrogen-bond donors (Lipinski definition) is 1. The van der Waals surface area contributed by atoms with Crippen molar-refractivity contribution in [3.05, 3.63) is 22.3 Å². The third-order valence-electron chi connectivity index (χ3n) is 4.04. The van der Waals surface area contributed by atoms with Crippen LogP contribution in [0.25, 0.3) is 0 Å². The number of rotatable bonds is 1. The number of aliphatic hydroxyl groups is 1. The molecule has 0 aromatic carbocycles. The van der Waals surface area contributed by atoms with Gasteiger partial charge >= 0.3 is 0 Å². The quantitative estimate of drug-likeness (QED) is 0.865. The fraction of sp³-hybridized carbons (Fsp3) is 0.615. The number of aromatic nitrogens is 1. The summed E-state index contributed by atoms with van der Waals surface area (Å²) in [7, 11) is 0. The molecule has 4 heteroatoms. The highest BCUT2D eigenvalue weighted by Gasteiger charge is 2.44. The Hall–Kier alpha value is -0.610. The number of anilines is 1. The predicted octanol–water partition coefficient (Wildman–Crippen LogP) is 2.50. The summed E-state index contributed by atoms with van der Waals surface area (Å²) in [6.45, 7) is 3.06. The maximum Gasteiger partial charge on any atom is 0.143 e. The van der Waals surface area contributed by atoms with Crippen LogP contribution < -0.4 is 4.90 Å². The zero-order valence-corrected chi connectivity index (χ0v) is 11.5. The Morgan fingerprint density at radius 2 is 2.24 bits per heavy atom. The van der Waals surface area contributed by atoms with Crippen LogP contribution in [0.2, 0.25) is 0 Å². The first-order chi connectivity index (χ1) is 8.16. The minimum atomic E-state index is -0.183. The van der Waals surface area contributed by atoms with E-state index in [0.717, 1.165) is 35.2 Å². The first-order valence-electron chi connectivity index (χ1n) is 6.23. The number of halogens is 1. The molecule has 1 N–H and O–H groups in total. The van der Waals surface area contributed by atoms with E-state index < -0.39 is 0 Å². The molecule has 2 fully saturated rings. The van der Waals surface area contributed by atoms with Gasteiger partial charge in [0.15, 0.2) is 0 Å². The Kier molecular flexibility index (Phi) is 2.87. The van der Waals surface area contributed by atoms with Crippen molar-refractivity contribution in [1.82, 2.24) is 4.98 Å². The van der Waals surface area contributed by atoms with Crippen LogP contribution in [0.15, 0.2) is 16.7 Å². The normalized spacial score (nSPS) is 31.9. The van der Waals surface area contributed by atoms with Crippen LogP contribution in [0, 0.1) is 12.8 Å². The second-order valence-electron chi connectivity index (χ2n) is 5.20. The molecule has 0 bridgehead atoms. The van der Waals surface area contributed by atoms with E-state index in [1.807, 2.05) is 13.1 Å². The van der Waals surface area contributed by atoms with Gasteiger partial charge in [-0.2, -0.15) is 0 Å². The molecule has 2 aliphatic rings. The van der Waals surface area contributed by atoms with Crippen molar-refractivity contribution in [2.75, 3.05) is 11.4 Å². The Balaban J connectivity index is 1.93. The molecule has 0 unspecified atom stereocenters. The zero-order chi connectivity index (χ0) is 12.0. The van der Waals surface area contributed by atoms with Crippen molar-refractivity contribution in [2.24, 2.45) is 5.92 Å². The fourth-order valence-corrected chi connectivity index (χ4v) is 3.95. The van der Waals surface area contributed by atoms with Gasteiger partial charge in [0.2, 0.25) is 0 Å². The summed E-state index contributed by atoms with van der Waals surface area (Å²) in [5, 5.41) is 10.1. The van der Waals surface area contributed by atoms with Gasteiger partial charge in [-0.15, -0.1) is 0 Å². The highest BCUT2D eigenvalue weighted by atomic mass is 79.9. The second kappa shape index (κ2) is 4.25. The van der Waals surface area contributed by atoms with E-state index in [2.05, 4.69) is 31.9 Å². The van der Waals surface area contributed by atoms with E-state index in [1.165, 1.54) is 6.42 Å². The average Bonchev–Trinajstić information content (AvgIpc) is 2.83. The van der Waals surface area contributed by atoms with Gasteiger partial charge in [-0.05, 0) is 59.7 Å². The predicted molar refractivity (Wildman–Crippen MR) is 71.2 cm³/mol. The molecule has 3 atom stereocenters. The number of nitrogens with zero attached hydrogens (tertiary/aromatic N) is 2. The van der Waals surface area contributed by atoms with Crippen molar-refractivity contribution in [3.63, 3.8) is 0 Å². The van der Waals surface area contributed by atoms with Crippen molar-refractivity contribution in [3.8, 4) is 0 Å². The highest BCUT2D eigenvalue weighted by molar-refractivity contribution is 9.10. The van der Waals surface area contributed by atoms with Crippen molar-refractivity contribution in [2.45, 2.75) is 38.3 Å². The molecule has 3 rings (SSSR count). The first-order valence-corrected chi connectivity index (χ1v) is 7.03. The smallest absolute Gasteiger partial charge is 0.143 e. The van der Waals surface area contributed by atoms with E-state index in [1.54, 1.807) is 0 Å². The molecule has 92 valence electrons. The van der Waals surface area contributed by atoms with Gasteiger partial charge in [-0.3, -0.25) is 0 Å². The molecule has 17 heavy (non-hydrogen) atoms. The van der Waals surface area contributed by atoms with Crippen LogP contribution in [0.3, 0.4) is 0 Å². The standard InChI is InChI=1S/C13H17BrN2O/c1-8-6-10(14)13(15-7-8)16-5-4-9-2-3-11(17)12(9)16/h6-7,9,11-12,17H,2-5H2,1H3/t9-,11-,12+/m0/s1. The van der Waals surface area contributed by atoms with E-state index >= 15 is 0 Å². The Morgan fingerprint density at radius 1 is 1.41 bits per heavy atom. The van der Waals surface area contributed by atoms with Crippen LogP contribution in [0.1, 0.15) is 24.8 Å². The van der Waals surface area contributed by atoms with Crippen molar-refractivity contribution < 1.29 is 5.11 Å². The SMILES string of the molecule is Cc1cnc(N2CC[C@@H]3CC[C@H](O)[C@@H]32)c(Br)c1. The molecule has 3 nitrogen and oxygen atoms in total. The second-order valence-corrected chi connectivity index (χ2v) is 6.05. The summed E-state index contributed by atoms with van der Waals surface area (Å²) in [4.78, 5) is 6.81. The number of aliphatic hydroxyl groups excluding tert-OH is 1. The van der Waals surface area contributed by atoms with Gasteiger partial charge in [-0.25, -0.2) is 4.98 Å². The molecule has 0 spiro atoms. The van der Waals surface area contributed by atoms with Crippen LogP contribution in [0.5, 0.6) is 0 Å². The third kappa shape index (κ3) is 1.87. The van der Waals surface area contributed by atoms with E-state index in [-0.39, 0.29) is 12.1 Å². The molecular weight excluding hydrogens is 280 g/mol. The average molecular weight is 297 g/mol. The third-order valence-corrected chi connectivity index (χ3v) is 4.63. The molecule has 0 amide bonds. The van der Waals surface area contributed by atoms with Crippen LogP contribution in [-0.2, 0) is 0 Å². The monoisotopic (exact) mass is 296 g/mol. The van der Waals surface area contributed by atoms with Crippen LogP contribution >= 0.6 is 15.9 Å². The van der Waals surface area contributed by atoms with Gasteiger partial charge in [0.05, 0.1) is 16.6 Å². The van der Waals surface area contributed by atoms with Crippen LogP contribution in [0.4, 0.5) is 5.82 Å². The Labute approximate surface area is 110 Å². The summed E-state index contributed by atoms with van der Waals surface area (Å²) in [5.74, 6) is 1.64. The number of fused-ring (bicyclic) bond motifs is 1. The van der Waals surface area contributed by atoms with Gasteiger partial charge in [-0.1, -0.05) is 0 Å². The maximum atomic E-state index is 10.1.